The van der Waals surface area contributed by atoms with E-state index in [0.29, 0.717) is 16.7 Å². The molecule has 1 aromatic rings. The molecule has 27 heavy (non-hydrogen) atoms. The SMILES string of the molecule is Cl.O=C(NC1CCNCC1)c1ccc2c(c1)C(=O)N(C1CCCCC1)C2=O. The van der Waals surface area contributed by atoms with Crippen LogP contribution in [0.25, 0.3) is 0 Å². The molecule has 7 heteroatoms. The molecule has 2 aliphatic heterocycles. The van der Waals surface area contributed by atoms with Gasteiger partial charge in [0.15, 0.2) is 0 Å². The van der Waals surface area contributed by atoms with Crippen LogP contribution in [0.15, 0.2) is 18.2 Å². The number of halogens is 1. The van der Waals surface area contributed by atoms with Gasteiger partial charge in [0, 0.05) is 17.6 Å². The standard InChI is InChI=1S/C20H25N3O3.ClH/c24-18(22-14-8-10-21-11-9-14)13-6-7-16-17(12-13)20(26)23(19(16)25)15-4-2-1-3-5-15;/h6-7,12,14-15,21H,1-5,8-11H2,(H,22,24);1H. The van der Waals surface area contributed by atoms with E-state index in [2.05, 4.69) is 10.6 Å². The van der Waals surface area contributed by atoms with Gasteiger partial charge >= 0.3 is 0 Å². The number of nitrogens with one attached hydrogen (secondary N) is 2. The van der Waals surface area contributed by atoms with Gasteiger partial charge in [-0.25, -0.2) is 0 Å². The van der Waals surface area contributed by atoms with Crippen molar-refractivity contribution in [3.05, 3.63) is 34.9 Å². The smallest absolute Gasteiger partial charge is 0.261 e. The first-order valence-corrected chi connectivity index (χ1v) is 9.68. The quantitative estimate of drug-likeness (QED) is 0.776. The summed E-state index contributed by atoms with van der Waals surface area (Å²) in [6.45, 7) is 1.80. The average molecular weight is 392 g/mol. The number of rotatable bonds is 3. The summed E-state index contributed by atoms with van der Waals surface area (Å²) in [7, 11) is 0. The van der Waals surface area contributed by atoms with Crippen LogP contribution in [0.2, 0.25) is 0 Å². The van der Waals surface area contributed by atoms with Crippen molar-refractivity contribution in [3.8, 4) is 0 Å². The maximum Gasteiger partial charge on any atom is 0.261 e. The molecule has 0 unspecified atom stereocenters. The van der Waals surface area contributed by atoms with E-state index in [-0.39, 0.29) is 42.2 Å². The zero-order chi connectivity index (χ0) is 18.1. The summed E-state index contributed by atoms with van der Waals surface area (Å²) >= 11 is 0. The van der Waals surface area contributed by atoms with Gasteiger partial charge in [0.1, 0.15) is 0 Å². The van der Waals surface area contributed by atoms with E-state index in [0.717, 1.165) is 51.6 Å². The molecule has 2 fully saturated rings. The Kier molecular flexibility index (Phi) is 6.17. The highest BCUT2D eigenvalue weighted by Gasteiger charge is 2.40. The van der Waals surface area contributed by atoms with Crippen LogP contribution in [0.3, 0.4) is 0 Å². The largest absolute Gasteiger partial charge is 0.349 e. The third-order valence-corrected chi connectivity index (χ3v) is 5.79. The molecule has 1 saturated heterocycles. The molecule has 3 aliphatic rings. The zero-order valence-electron chi connectivity index (χ0n) is 15.3. The summed E-state index contributed by atoms with van der Waals surface area (Å²) in [5.41, 5.74) is 1.26. The van der Waals surface area contributed by atoms with E-state index < -0.39 is 0 Å². The summed E-state index contributed by atoms with van der Waals surface area (Å²) < 4.78 is 0. The van der Waals surface area contributed by atoms with Gasteiger partial charge in [-0.1, -0.05) is 19.3 Å². The van der Waals surface area contributed by atoms with Crippen LogP contribution >= 0.6 is 12.4 Å². The van der Waals surface area contributed by atoms with Crippen LogP contribution in [0.4, 0.5) is 0 Å². The van der Waals surface area contributed by atoms with E-state index in [4.69, 9.17) is 0 Å². The Balaban J connectivity index is 0.00000210. The fourth-order valence-corrected chi connectivity index (χ4v) is 4.31. The zero-order valence-corrected chi connectivity index (χ0v) is 16.1. The molecule has 4 rings (SSSR count). The van der Waals surface area contributed by atoms with Crippen molar-refractivity contribution >= 4 is 30.1 Å². The number of fused-ring (bicyclic) bond motifs is 1. The highest BCUT2D eigenvalue weighted by Crippen LogP contribution is 2.31. The van der Waals surface area contributed by atoms with Crippen molar-refractivity contribution in [2.75, 3.05) is 13.1 Å². The van der Waals surface area contributed by atoms with E-state index >= 15 is 0 Å². The number of nitrogens with zero attached hydrogens (tertiary/aromatic N) is 1. The monoisotopic (exact) mass is 391 g/mol. The molecule has 146 valence electrons. The van der Waals surface area contributed by atoms with E-state index in [1.165, 1.54) is 11.3 Å². The lowest BCUT2D eigenvalue weighted by molar-refractivity contribution is 0.0548. The molecule has 0 atom stereocenters. The van der Waals surface area contributed by atoms with Gasteiger partial charge in [0.2, 0.25) is 0 Å². The second-order valence-corrected chi connectivity index (χ2v) is 7.53. The topological polar surface area (TPSA) is 78.5 Å². The minimum Gasteiger partial charge on any atom is -0.349 e. The third-order valence-electron chi connectivity index (χ3n) is 5.79. The average Bonchev–Trinajstić information content (AvgIpc) is 2.93. The van der Waals surface area contributed by atoms with Crippen LogP contribution < -0.4 is 10.6 Å². The van der Waals surface area contributed by atoms with Crippen molar-refractivity contribution in [3.63, 3.8) is 0 Å². The van der Waals surface area contributed by atoms with Gasteiger partial charge in [-0.2, -0.15) is 0 Å². The van der Waals surface area contributed by atoms with E-state index in [9.17, 15) is 14.4 Å². The molecule has 1 saturated carbocycles. The molecule has 0 radical (unpaired) electrons. The summed E-state index contributed by atoms with van der Waals surface area (Å²) in [6, 6.07) is 5.05. The summed E-state index contributed by atoms with van der Waals surface area (Å²) in [4.78, 5) is 39.5. The minimum atomic E-state index is -0.242. The second-order valence-electron chi connectivity index (χ2n) is 7.53. The molecular weight excluding hydrogens is 366 g/mol. The number of hydrogen-bond acceptors (Lipinski definition) is 4. The Bertz CT molecular complexity index is 740. The lowest BCUT2D eigenvalue weighted by atomic mass is 9.94. The van der Waals surface area contributed by atoms with Gasteiger partial charge in [-0.05, 0) is 57.0 Å². The van der Waals surface area contributed by atoms with Crippen molar-refractivity contribution in [2.24, 2.45) is 0 Å². The number of amides is 3. The Morgan fingerprint density at radius 1 is 0.963 bits per heavy atom. The van der Waals surface area contributed by atoms with Crippen molar-refractivity contribution in [1.29, 1.82) is 0 Å². The fourth-order valence-electron chi connectivity index (χ4n) is 4.31. The Hall–Kier alpha value is -1.92. The van der Waals surface area contributed by atoms with Gasteiger partial charge < -0.3 is 10.6 Å². The molecule has 6 nitrogen and oxygen atoms in total. The maximum atomic E-state index is 12.8. The maximum absolute atomic E-state index is 12.8. The van der Waals surface area contributed by atoms with Gasteiger partial charge in [0.05, 0.1) is 11.1 Å². The molecule has 0 spiro atoms. The Morgan fingerprint density at radius 2 is 1.63 bits per heavy atom. The molecule has 3 amide bonds. The molecule has 2 N–H and O–H groups in total. The molecule has 0 bridgehead atoms. The Morgan fingerprint density at radius 3 is 2.33 bits per heavy atom. The fraction of sp³-hybridized carbons (Fsp3) is 0.550. The normalized spacial score (nSPS) is 21.0. The van der Waals surface area contributed by atoms with Crippen LogP contribution in [-0.4, -0.2) is 47.8 Å². The number of benzene rings is 1. The summed E-state index contributed by atoms with van der Waals surface area (Å²) in [5, 5.41) is 6.31. The number of hydrogen-bond donors (Lipinski definition) is 2. The van der Waals surface area contributed by atoms with Gasteiger partial charge in [0.25, 0.3) is 17.7 Å². The molecule has 1 aliphatic carbocycles. The van der Waals surface area contributed by atoms with Crippen molar-refractivity contribution < 1.29 is 14.4 Å². The highest BCUT2D eigenvalue weighted by molar-refractivity contribution is 6.22. The number of piperidine rings is 1. The number of carbonyl (C=O) groups is 3. The number of imide groups is 1. The van der Waals surface area contributed by atoms with E-state index in [1.54, 1.807) is 18.2 Å². The van der Waals surface area contributed by atoms with Crippen molar-refractivity contribution in [1.82, 2.24) is 15.5 Å². The number of carbonyl (C=O) groups excluding carboxylic acids is 3. The highest BCUT2D eigenvalue weighted by atomic mass is 35.5. The molecular formula is C20H26ClN3O3. The molecule has 0 aromatic heterocycles. The lowest BCUT2D eigenvalue weighted by Gasteiger charge is -2.29. The second kappa shape index (κ2) is 8.40. The summed E-state index contributed by atoms with van der Waals surface area (Å²) in [5.74, 6) is -0.619. The lowest BCUT2D eigenvalue weighted by Crippen LogP contribution is -2.42. The molecule has 2 heterocycles. The third kappa shape index (κ3) is 3.87. The first-order valence-electron chi connectivity index (χ1n) is 9.68. The summed E-state index contributed by atoms with van der Waals surface area (Å²) in [6.07, 6.45) is 6.86. The first kappa shape index (κ1) is 19.8. The van der Waals surface area contributed by atoms with Gasteiger partial charge in [-0.15, -0.1) is 12.4 Å². The Labute approximate surface area is 165 Å². The predicted molar refractivity (Wildman–Crippen MR) is 104 cm³/mol. The van der Waals surface area contributed by atoms with Crippen LogP contribution in [0.1, 0.15) is 76.0 Å². The van der Waals surface area contributed by atoms with Crippen LogP contribution in [0.5, 0.6) is 0 Å². The predicted octanol–water partition coefficient (Wildman–Crippen LogP) is 2.52. The van der Waals surface area contributed by atoms with E-state index in [1.807, 2.05) is 0 Å². The van der Waals surface area contributed by atoms with Crippen LogP contribution in [0, 0.1) is 0 Å². The van der Waals surface area contributed by atoms with Gasteiger partial charge in [-0.3, -0.25) is 19.3 Å². The van der Waals surface area contributed by atoms with Crippen molar-refractivity contribution in [2.45, 2.75) is 57.0 Å². The first-order chi connectivity index (χ1) is 12.6. The van der Waals surface area contributed by atoms with Crippen LogP contribution in [-0.2, 0) is 0 Å². The molecule has 1 aromatic carbocycles. The minimum absolute atomic E-state index is 0.